The van der Waals surface area contributed by atoms with E-state index in [9.17, 15) is 14.4 Å². The summed E-state index contributed by atoms with van der Waals surface area (Å²) in [6.45, 7) is 2.00. The first-order chi connectivity index (χ1) is 16.0. The molecule has 1 atom stereocenters. The van der Waals surface area contributed by atoms with E-state index >= 15 is 0 Å². The third-order valence-corrected chi connectivity index (χ3v) is 6.58. The van der Waals surface area contributed by atoms with Gasteiger partial charge in [0.1, 0.15) is 0 Å². The van der Waals surface area contributed by atoms with Gasteiger partial charge in [-0.25, -0.2) is 4.98 Å². The van der Waals surface area contributed by atoms with E-state index in [1.807, 2.05) is 28.5 Å². The molecule has 8 heteroatoms. The molecule has 2 amide bonds. The van der Waals surface area contributed by atoms with Gasteiger partial charge in [0, 0.05) is 41.6 Å². The van der Waals surface area contributed by atoms with E-state index in [0.29, 0.717) is 10.7 Å². The van der Waals surface area contributed by atoms with Gasteiger partial charge in [-0.05, 0) is 37.0 Å². The van der Waals surface area contributed by atoms with Crippen LogP contribution in [0.2, 0.25) is 0 Å². The summed E-state index contributed by atoms with van der Waals surface area (Å²) in [5.41, 5.74) is 4.40. The zero-order valence-corrected chi connectivity index (χ0v) is 18.9. The van der Waals surface area contributed by atoms with Crippen molar-refractivity contribution in [2.75, 3.05) is 16.8 Å². The average molecular weight is 462 g/mol. The number of thiazole rings is 1. The Kier molecular flexibility index (Phi) is 5.68. The third kappa shape index (κ3) is 4.52. The minimum atomic E-state index is -1.05. The summed E-state index contributed by atoms with van der Waals surface area (Å²) in [5, 5.41) is 5.07. The number of rotatable bonds is 6. The molecule has 5 rings (SSSR count). The molecule has 1 fully saturated rings. The number of anilines is 2. The monoisotopic (exact) mass is 461 g/mol. The first-order valence-electron chi connectivity index (χ1n) is 10.9. The van der Waals surface area contributed by atoms with Gasteiger partial charge in [-0.2, -0.15) is 0 Å². The normalized spacial score (nSPS) is 15.6. The Morgan fingerprint density at radius 1 is 1.15 bits per heavy atom. The predicted molar refractivity (Wildman–Crippen MR) is 126 cm³/mol. The number of hydrogen-bond acceptors (Lipinski definition) is 6. The molecular formula is C25H23N3O4S. The maximum absolute atomic E-state index is 12.8. The Bertz CT molecular complexity index is 1220. The van der Waals surface area contributed by atoms with E-state index in [-0.39, 0.29) is 11.8 Å². The second-order valence-corrected chi connectivity index (χ2v) is 9.14. The minimum absolute atomic E-state index is 0.201. The summed E-state index contributed by atoms with van der Waals surface area (Å²) in [7, 11) is 0. The molecule has 2 aliphatic rings. The van der Waals surface area contributed by atoms with Gasteiger partial charge in [0.15, 0.2) is 5.13 Å². The van der Waals surface area contributed by atoms with Crippen molar-refractivity contribution in [2.45, 2.75) is 32.3 Å². The Balaban J connectivity index is 1.31. The van der Waals surface area contributed by atoms with Crippen LogP contribution >= 0.6 is 11.3 Å². The van der Waals surface area contributed by atoms with Gasteiger partial charge in [0.2, 0.25) is 12.0 Å². The predicted octanol–water partition coefficient (Wildman–Crippen LogP) is 4.35. The molecule has 33 heavy (non-hydrogen) atoms. The lowest BCUT2D eigenvalue weighted by Gasteiger charge is -2.17. The quantitative estimate of drug-likeness (QED) is 0.551. The first kappa shape index (κ1) is 21.3. The highest BCUT2D eigenvalue weighted by Crippen LogP contribution is 2.38. The molecule has 1 aliphatic carbocycles. The van der Waals surface area contributed by atoms with Crippen molar-refractivity contribution < 1.29 is 19.1 Å². The van der Waals surface area contributed by atoms with Crippen LogP contribution in [0.4, 0.5) is 10.8 Å². The van der Waals surface area contributed by atoms with Crippen LogP contribution in [-0.2, 0) is 25.5 Å². The maximum atomic E-state index is 12.8. The second-order valence-electron chi connectivity index (χ2n) is 8.28. The van der Waals surface area contributed by atoms with E-state index in [1.54, 1.807) is 24.3 Å². The number of carbonyl (C=O) groups is 3. The molecular weight excluding hydrogens is 438 g/mol. The average Bonchev–Trinajstić information content (AvgIpc) is 3.42. The van der Waals surface area contributed by atoms with E-state index < -0.39 is 18.0 Å². The van der Waals surface area contributed by atoms with Crippen molar-refractivity contribution >= 4 is 39.9 Å². The number of nitrogens with zero attached hydrogens (tertiary/aromatic N) is 2. The number of fused-ring (bicyclic) bond motifs is 1. The standard InChI is InChI=1S/C25H23N3O4S/c1-15(29)32-22(16-5-3-2-4-6-16)23(30)27-25-26-20(14-33-25)18-9-10-21-19(13-18)11-12-28(21)24(31)17-7-8-17/h2-6,9-10,13-14,17,22H,7-8,11-12H2,1H3,(H,26,27,30). The summed E-state index contributed by atoms with van der Waals surface area (Å²) >= 11 is 1.31. The van der Waals surface area contributed by atoms with Crippen LogP contribution in [0.3, 0.4) is 0 Å². The first-order valence-corrected chi connectivity index (χ1v) is 11.8. The van der Waals surface area contributed by atoms with E-state index in [2.05, 4.69) is 16.4 Å². The molecule has 3 aromatic rings. The molecule has 0 radical (unpaired) electrons. The largest absolute Gasteiger partial charge is 0.447 e. The van der Waals surface area contributed by atoms with Gasteiger partial charge >= 0.3 is 5.97 Å². The number of aromatic nitrogens is 1. The van der Waals surface area contributed by atoms with Crippen molar-refractivity contribution in [3.63, 3.8) is 0 Å². The molecule has 1 saturated carbocycles. The summed E-state index contributed by atoms with van der Waals surface area (Å²) in [4.78, 5) is 43.3. The molecule has 1 unspecified atom stereocenters. The SMILES string of the molecule is CC(=O)OC(C(=O)Nc1nc(-c2ccc3c(c2)CCN3C(=O)C2CC2)cs1)c1ccccc1. The lowest BCUT2D eigenvalue weighted by Crippen LogP contribution is -2.30. The topological polar surface area (TPSA) is 88.6 Å². The smallest absolute Gasteiger partial charge is 0.303 e. The van der Waals surface area contributed by atoms with E-state index in [4.69, 9.17) is 4.74 Å². The zero-order valence-electron chi connectivity index (χ0n) is 18.1. The Labute approximate surface area is 195 Å². The van der Waals surface area contributed by atoms with Crippen molar-refractivity contribution in [3.05, 3.63) is 65.0 Å². The molecule has 1 N–H and O–H groups in total. The molecule has 0 saturated heterocycles. The highest BCUT2D eigenvalue weighted by Gasteiger charge is 2.36. The summed E-state index contributed by atoms with van der Waals surface area (Å²) in [6.07, 6.45) is 1.78. The zero-order chi connectivity index (χ0) is 22.9. The van der Waals surface area contributed by atoms with Crippen LogP contribution in [0.15, 0.2) is 53.9 Å². The van der Waals surface area contributed by atoms with Crippen molar-refractivity contribution in [1.82, 2.24) is 4.98 Å². The van der Waals surface area contributed by atoms with Crippen LogP contribution in [-0.4, -0.2) is 29.3 Å². The summed E-state index contributed by atoms with van der Waals surface area (Å²) in [6, 6.07) is 14.9. The Morgan fingerprint density at radius 2 is 1.94 bits per heavy atom. The van der Waals surface area contributed by atoms with Gasteiger partial charge in [0.05, 0.1) is 5.69 Å². The number of amides is 2. The third-order valence-electron chi connectivity index (χ3n) is 5.82. The minimum Gasteiger partial charge on any atom is -0.447 e. The maximum Gasteiger partial charge on any atom is 0.303 e. The van der Waals surface area contributed by atoms with E-state index in [1.165, 1.54) is 18.3 Å². The highest BCUT2D eigenvalue weighted by molar-refractivity contribution is 7.14. The van der Waals surface area contributed by atoms with E-state index in [0.717, 1.165) is 48.3 Å². The Hall–Kier alpha value is -3.52. The number of hydrogen-bond donors (Lipinski definition) is 1. The number of nitrogens with one attached hydrogen (secondary N) is 1. The second kappa shape index (κ2) is 8.78. The lowest BCUT2D eigenvalue weighted by molar-refractivity contribution is -0.152. The van der Waals surface area contributed by atoms with Crippen molar-refractivity contribution in [3.8, 4) is 11.3 Å². The van der Waals surface area contributed by atoms with Crippen LogP contribution in [0, 0.1) is 5.92 Å². The van der Waals surface area contributed by atoms with Gasteiger partial charge in [0.25, 0.3) is 5.91 Å². The van der Waals surface area contributed by atoms with Gasteiger partial charge in [-0.1, -0.05) is 36.4 Å². The summed E-state index contributed by atoms with van der Waals surface area (Å²) in [5.74, 6) is -0.556. The van der Waals surface area contributed by atoms with Gasteiger partial charge < -0.3 is 9.64 Å². The molecule has 2 heterocycles. The van der Waals surface area contributed by atoms with Crippen LogP contribution < -0.4 is 10.2 Å². The molecule has 2 aromatic carbocycles. The number of carbonyl (C=O) groups excluding carboxylic acids is 3. The molecule has 1 aliphatic heterocycles. The van der Waals surface area contributed by atoms with Crippen molar-refractivity contribution in [2.24, 2.45) is 5.92 Å². The molecule has 1 aromatic heterocycles. The van der Waals surface area contributed by atoms with Gasteiger partial charge in [-0.15, -0.1) is 11.3 Å². The van der Waals surface area contributed by atoms with Gasteiger partial charge in [-0.3, -0.25) is 19.7 Å². The fraction of sp³-hybridized carbons (Fsp3) is 0.280. The highest BCUT2D eigenvalue weighted by atomic mass is 32.1. The summed E-state index contributed by atoms with van der Waals surface area (Å²) < 4.78 is 5.26. The van der Waals surface area contributed by atoms with Crippen LogP contribution in [0.1, 0.15) is 37.0 Å². The fourth-order valence-electron chi connectivity index (χ4n) is 4.04. The Morgan fingerprint density at radius 3 is 2.67 bits per heavy atom. The fourth-order valence-corrected chi connectivity index (χ4v) is 4.76. The van der Waals surface area contributed by atoms with Crippen molar-refractivity contribution in [1.29, 1.82) is 0 Å². The lowest BCUT2D eigenvalue weighted by atomic mass is 10.1. The number of ether oxygens (including phenoxy) is 1. The van der Waals surface area contributed by atoms with Crippen LogP contribution in [0.5, 0.6) is 0 Å². The molecule has 7 nitrogen and oxygen atoms in total. The number of benzene rings is 2. The molecule has 0 spiro atoms. The van der Waals surface area contributed by atoms with Crippen LogP contribution in [0.25, 0.3) is 11.3 Å². The molecule has 0 bridgehead atoms. The number of esters is 1. The molecule has 168 valence electrons.